The van der Waals surface area contributed by atoms with Gasteiger partial charge in [0, 0.05) is 10.4 Å². The molecule has 0 amide bonds. The SMILES string of the molecule is CCCCCc1ccc(-c2ccc(-c3cc4ccc(OCC)c(F)c4s3)c(F)c2)cc1. The first-order valence-electron chi connectivity index (χ1n) is 10.8. The molecule has 0 radical (unpaired) electrons. The quantitative estimate of drug-likeness (QED) is 0.251. The average molecular weight is 437 g/mol. The van der Waals surface area contributed by atoms with Crippen molar-refractivity contribution in [2.45, 2.75) is 39.5 Å². The second-order valence-corrected chi connectivity index (χ2v) is 8.74. The molecule has 0 unspecified atom stereocenters. The van der Waals surface area contributed by atoms with Gasteiger partial charge in [-0.1, -0.05) is 50.1 Å². The Labute approximate surface area is 186 Å². The topological polar surface area (TPSA) is 9.23 Å². The summed E-state index contributed by atoms with van der Waals surface area (Å²) in [7, 11) is 0. The minimum atomic E-state index is -0.383. The largest absolute Gasteiger partial charge is 0.491 e. The van der Waals surface area contributed by atoms with E-state index in [0.717, 1.165) is 22.9 Å². The van der Waals surface area contributed by atoms with Gasteiger partial charge in [0.15, 0.2) is 11.6 Å². The van der Waals surface area contributed by atoms with E-state index in [1.807, 2.05) is 25.1 Å². The monoisotopic (exact) mass is 436 g/mol. The van der Waals surface area contributed by atoms with Gasteiger partial charge in [0.25, 0.3) is 0 Å². The van der Waals surface area contributed by atoms with Crippen molar-refractivity contribution in [2.24, 2.45) is 0 Å². The predicted molar refractivity (Wildman–Crippen MR) is 127 cm³/mol. The van der Waals surface area contributed by atoms with Gasteiger partial charge >= 0.3 is 0 Å². The summed E-state index contributed by atoms with van der Waals surface area (Å²) < 4.78 is 35.5. The van der Waals surface area contributed by atoms with Crippen LogP contribution in [0.1, 0.15) is 38.7 Å². The minimum absolute atomic E-state index is 0.234. The lowest BCUT2D eigenvalue weighted by Crippen LogP contribution is -1.93. The Bertz CT molecular complexity index is 1180. The van der Waals surface area contributed by atoms with Crippen LogP contribution in [0.15, 0.2) is 60.7 Å². The van der Waals surface area contributed by atoms with Crippen LogP contribution in [0.5, 0.6) is 5.75 Å². The van der Waals surface area contributed by atoms with Gasteiger partial charge in [-0.05, 0) is 72.2 Å². The first-order chi connectivity index (χ1) is 15.1. The normalized spacial score (nSPS) is 11.2. The molecule has 0 aliphatic carbocycles. The molecule has 0 fully saturated rings. The van der Waals surface area contributed by atoms with E-state index >= 15 is 4.39 Å². The first kappa shape index (κ1) is 21.5. The summed E-state index contributed by atoms with van der Waals surface area (Å²) in [5.41, 5.74) is 3.63. The number of rotatable bonds is 8. The first-order valence-corrected chi connectivity index (χ1v) is 11.7. The Kier molecular flexibility index (Phi) is 6.67. The zero-order valence-electron chi connectivity index (χ0n) is 17.9. The van der Waals surface area contributed by atoms with Gasteiger partial charge in [0.2, 0.25) is 0 Å². The highest BCUT2D eigenvalue weighted by Crippen LogP contribution is 2.39. The molecule has 3 aromatic carbocycles. The molecule has 31 heavy (non-hydrogen) atoms. The van der Waals surface area contributed by atoms with Crippen LogP contribution in [0.4, 0.5) is 8.78 Å². The number of hydrogen-bond donors (Lipinski definition) is 0. The highest BCUT2D eigenvalue weighted by atomic mass is 32.1. The Morgan fingerprint density at radius 1 is 0.839 bits per heavy atom. The third-order valence-electron chi connectivity index (χ3n) is 5.48. The molecule has 1 nitrogen and oxygen atoms in total. The molecule has 1 heterocycles. The summed E-state index contributed by atoms with van der Waals surface area (Å²) >= 11 is 1.25. The van der Waals surface area contributed by atoms with E-state index in [9.17, 15) is 4.39 Å². The van der Waals surface area contributed by atoms with Crippen molar-refractivity contribution < 1.29 is 13.5 Å². The van der Waals surface area contributed by atoms with Gasteiger partial charge in [-0.15, -0.1) is 11.3 Å². The van der Waals surface area contributed by atoms with Crippen LogP contribution in [0.2, 0.25) is 0 Å². The molecule has 0 spiro atoms. The van der Waals surface area contributed by atoms with E-state index in [-0.39, 0.29) is 17.4 Å². The van der Waals surface area contributed by atoms with E-state index in [2.05, 4.69) is 31.2 Å². The lowest BCUT2D eigenvalue weighted by atomic mass is 10.00. The molecule has 0 atom stereocenters. The van der Waals surface area contributed by atoms with Crippen molar-refractivity contribution >= 4 is 21.4 Å². The third-order valence-corrected chi connectivity index (χ3v) is 6.66. The molecule has 4 rings (SSSR count). The number of benzene rings is 3. The van der Waals surface area contributed by atoms with Gasteiger partial charge in [-0.25, -0.2) is 8.78 Å². The van der Waals surface area contributed by atoms with Crippen molar-refractivity contribution in [1.82, 2.24) is 0 Å². The lowest BCUT2D eigenvalue weighted by molar-refractivity contribution is 0.323. The summed E-state index contributed by atoms with van der Waals surface area (Å²) in [6.07, 6.45) is 4.72. The van der Waals surface area contributed by atoms with Crippen LogP contribution < -0.4 is 4.74 Å². The second kappa shape index (κ2) is 9.61. The van der Waals surface area contributed by atoms with E-state index in [1.165, 1.54) is 36.2 Å². The van der Waals surface area contributed by atoms with Crippen LogP contribution in [0.25, 0.3) is 31.7 Å². The van der Waals surface area contributed by atoms with Crippen molar-refractivity contribution in [3.8, 4) is 27.3 Å². The van der Waals surface area contributed by atoms with Gasteiger partial charge < -0.3 is 4.74 Å². The summed E-state index contributed by atoms with van der Waals surface area (Å²) in [6.45, 7) is 4.42. The maximum absolute atomic E-state index is 15.0. The van der Waals surface area contributed by atoms with Crippen LogP contribution in [-0.4, -0.2) is 6.61 Å². The Morgan fingerprint density at radius 3 is 2.32 bits per heavy atom. The number of unbranched alkanes of at least 4 members (excludes halogenated alkanes) is 2. The molecule has 160 valence electrons. The Hall–Kier alpha value is -2.72. The maximum atomic E-state index is 15.0. The fourth-order valence-electron chi connectivity index (χ4n) is 3.79. The van der Waals surface area contributed by atoms with Gasteiger partial charge in [-0.2, -0.15) is 0 Å². The molecule has 0 saturated heterocycles. The van der Waals surface area contributed by atoms with Crippen LogP contribution >= 0.6 is 11.3 Å². The van der Waals surface area contributed by atoms with Gasteiger partial charge in [0.05, 0.1) is 11.3 Å². The van der Waals surface area contributed by atoms with Crippen molar-refractivity contribution in [3.05, 3.63) is 77.9 Å². The van der Waals surface area contributed by atoms with Gasteiger partial charge in [0.1, 0.15) is 5.82 Å². The van der Waals surface area contributed by atoms with Crippen LogP contribution in [0, 0.1) is 11.6 Å². The van der Waals surface area contributed by atoms with Crippen molar-refractivity contribution in [1.29, 1.82) is 0 Å². The molecule has 4 aromatic rings. The molecule has 0 saturated carbocycles. The number of ether oxygens (including phenoxy) is 1. The van der Waals surface area contributed by atoms with E-state index in [4.69, 9.17) is 4.74 Å². The highest BCUT2D eigenvalue weighted by Gasteiger charge is 2.15. The van der Waals surface area contributed by atoms with E-state index in [1.54, 1.807) is 18.2 Å². The van der Waals surface area contributed by atoms with E-state index in [0.29, 0.717) is 21.7 Å². The summed E-state index contributed by atoms with van der Waals surface area (Å²) in [5.74, 6) is -0.453. The molecular formula is C27H26F2OS. The van der Waals surface area contributed by atoms with Crippen molar-refractivity contribution in [2.75, 3.05) is 6.61 Å². The van der Waals surface area contributed by atoms with Crippen LogP contribution in [0.3, 0.4) is 0 Å². The number of aryl methyl sites for hydroxylation is 1. The summed E-state index contributed by atoms with van der Waals surface area (Å²) in [6, 6.07) is 18.9. The second-order valence-electron chi connectivity index (χ2n) is 7.69. The van der Waals surface area contributed by atoms with E-state index < -0.39 is 0 Å². The molecule has 0 aliphatic heterocycles. The summed E-state index contributed by atoms with van der Waals surface area (Å²) in [5, 5.41) is 0.753. The third kappa shape index (κ3) is 4.64. The molecular weight excluding hydrogens is 410 g/mol. The van der Waals surface area contributed by atoms with Crippen LogP contribution in [-0.2, 0) is 6.42 Å². The zero-order chi connectivity index (χ0) is 21.8. The van der Waals surface area contributed by atoms with Crippen molar-refractivity contribution in [3.63, 3.8) is 0 Å². The number of fused-ring (bicyclic) bond motifs is 1. The summed E-state index contributed by atoms with van der Waals surface area (Å²) in [4.78, 5) is 0.706. The number of halogens is 2. The fraction of sp³-hybridized carbons (Fsp3) is 0.259. The maximum Gasteiger partial charge on any atom is 0.182 e. The molecule has 0 aliphatic rings. The minimum Gasteiger partial charge on any atom is -0.491 e. The lowest BCUT2D eigenvalue weighted by Gasteiger charge is -2.07. The number of thiophene rings is 1. The number of hydrogen-bond acceptors (Lipinski definition) is 2. The standard InChI is InChI=1S/C27H26F2OS/c1-3-5-6-7-18-8-10-19(11-9-18)20-12-14-22(23(28)16-20)25-17-21-13-15-24(30-4-2)26(29)27(21)31-25/h8-17H,3-7H2,1-2H3. The predicted octanol–water partition coefficient (Wildman–Crippen LogP) is 8.64. The Balaban J connectivity index is 1.59. The highest BCUT2D eigenvalue weighted by molar-refractivity contribution is 7.22. The van der Waals surface area contributed by atoms with Gasteiger partial charge in [-0.3, -0.25) is 0 Å². The fourth-order valence-corrected chi connectivity index (χ4v) is 4.90. The zero-order valence-corrected chi connectivity index (χ0v) is 18.7. The average Bonchev–Trinajstić information content (AvgIpc) is 3.21. The molecule has 0 N–H and O–H groups in total. The Morgan fingerprint density at radius 2 is 1.61 bits per heavy atom. The smallest absolute Gasteiger partial charge is 0.182 e. The molecule has 0 bridgehead atoms. The molecule has 4 heteroatoms. The molecule has 1 aromatic heterocycles.